The predicted molar refractivity (Wildman–Crippen MR) is 161 cm³/mol. The lowest BCUT2D eigenvalue weighted by Crippen LogP contribution is -2.56. The highest BCUT2D eigenvalue weighted by molar-refractivity contribution is 6.31. The third kappa shape index (κ3) is 7.38. The third-order valence-electron chi connectivity index (χ3n) is 7.53. The van der Waals surface area contributed by atoms with Gasteiger partial charge < -0.3 is 30.1 Å². The van der Waals surface area contributed by atoms with Crippen molar-refractivity contribution in [3.05, 3.63) is 48.1 Å². The molecule has 0 spiro atoms. The van der Waals surface area contributed by atoms with Crippen molar-refractivity contribution in [1.82, 2.24) is 20.5 Å². The summed E-state index contributed by atoms with van der Waals surface area (Å²) in [6, 6.07) is 4.88. The number of benzene rings is 1. The molecule has 11 nitrogen and oxygen atoms in total. The molecule has 1 aliphatic heterocycles. The molecule has 1 saturated heterocycles. The van der Waals surface area contributed by atoms with E-state index < -0.39 is 59.1 Å². The normalized spacial score (nSPS) is 23.9. The maximum Gasteiger partial charge on any atom is 0.408 e. The van der Waals surface area contributed by atoms with Gasteiger partial charge in [-0.2, -0.15) is 0 Å². The number of carboxylic acid groups (broad SMARTS) is 1. The summed E-state index contributed by atoms with van der Waals surface area (Å²) in [6.07, 6.45) is 2.32. The number of aliphatic carboxylic acids is 1. The summed E-state index contributed by atoms with van der Waals surface area (Å²) in [6.45, 7) is 12.7. The van der Waals surface area contributed by atoms with E-state index >= 15 is 0 Å². The first-order valence-corrected chi connectivity index (χ1v) is 14.7. The molecular weight excluding hydrogens is 576 g/mol. The van der Waals surface area contributed by atoms with Crippen LogP contribution in [0.5, 0.6) is 5.75 Å². The monoisotopic (exact) mass is 614 g/mol. The molecule has 5 atom stereocenters. The van der Waals surface area contributed by atoms with Crippen molar-refractivity contribution in [2.45, 2.75) is 83.2 Å². The van der Waals surface area contributed by atoms with Gasteiger partial charge in [-0.15, -0.1) is 6.58 Å². The minimum absolute atomic E-state index is 0.0240. The van der Waals surface area contributed by atoms with Gasteiger partial charge in [-0.25, -0.2) is 9.59 Å². The van der Waals surface area contributed by atoms with Gasteiger partial charge in [0, 0.05) is 28.9 Å². The molecule has 1 aromatic carbocycles. The Morgan fingerprint density at radius 1 is 1.26 bits per heavy atom. The molecule has 43 heavy (non-hydrogen) atoms. The summed E-state index contributed by atoms with van der Waals surface area (Å²) < 4.78 is 11.7. The zero-order valence-electron chi connectivity index (χ0n) is 25.1. The molecule has 2 aliphatic rings. The lowest BCUT2D eigenvalue weighted by Gasteiger charge is -2.30. The fourth-order valence-corrected chi connectivity index (χ4v) is 5.58. The number of ether oxygens (including phenoxy) is 2. The Bertz CT molecular complexity index is 1420. The number of nitrogens with zero attached hydrogens (tertiary/aromatic N) is 2. The van der Waals surface area contributed by atoms with Crippen LogP contribution >= 0.6 is 11.6 Å². The summed E-state index contributed by atoms with van der Waals surface area (Å²) in [4.78, 5) is 58.2. The van der Waals surface area contributed by atoms with Gasteiger partial charge >= 0.3 is 12.1 Å². The van der Waals surface area contributed by atoms with Gasteiger partial charge in [0.1, 0.15) is 35.1 Å². The number of pyridine rings is 1. The van der Waals surface area contributed by atoms with E-state index in [0.717, 1.165) is 0 Å². The first kappa shape index (κ1) is 32.1. The number of carbonyl (C=O) groups excluding carboxylic acids is 3. The lowest BCUT2D eigenvalue weighted by atomic mass is 10.0. The average molecular weight is 615 g/mol. The first-order chi connectivity index (χ1) is 20.1. The molecule has 0 bridgehead atoms. The van der Waals surface area contributed by atoms with E-state index in [0.29, 0.717) is 28.1 Å². The van der Waals surface area contributed by atoms with Crippen molar-refractivity contribution in [2.24, 2.45) is 11.8 Å². The van der Waals surface area contributed by atoms with Crippen molar-refractivity contribution in [1.29, 1.82) is 0 Å². The number of hydrogen-bond donors (Lipinski definition) is 3. The van der Waals surface area contributed by atoms with E-state index in [1.807, 2.05) is 13.8 Å². The Hall–Kier alpha value is -3.86. The first-order valence-electron chi connectivity index (χ1n) is 14.3. The molecule has 3 amide bonds. The average Bonchev–Trinajstić information content (AvgIpc) is 3.46. The Morgan fingerprint density at radius 2 is 1.98 bits per heavy atom. The highest BCUT2D eigenvalue weighted by Gasteiger charge is 2.61. The molecule has 2 heterocycles. The maximum atomic E-state index is 14.0. The van der Waals surface area contributed by atoms with Crippen LogP contribution in [0, 0.1) is 11.8 Å². The Morgan fingerprint density at radius 3 is 2.58 bits per heavy atom. The Balaban J connectivity index is 1.62. The molecule has 2 aromatic rings. The highest BCUT2D eigenvalue weighted by atomic mass is 35.5. The van der Waals surface area contributed by atoms with Crippen LogP contribution in [-0.4, -0.2) is 74.7 Å². The van der Waals surface area contributed by atoms with Crippen LogP contribution in [0.2, 0.25) is 5.02 Å². The van der Waals surface area contributed by atoms with E-state index in [4.69, 9.17) is 21.1 Å². The summed E-state index contributed by atoms with van der Waals surface area (Å²) in [5, 5.41) is 16.4. The molecule has 1 unspecified atom stereocenters. The van der Waals surface area contributed by atoms with Crippen LogP contribution in [0.1, 0.15) is 53.9 Å². The number of carbonyl (C=O) groups is 4. The standard InChI is InChI=1S/C31H39ClN4O7/c1-7-18-15-31(18,28(39)40)35-26(37)24-14-20(42-25-10-11-33-22-13-19(32)8-9-21(22)25)16-36(24)27(38)23(12-17(2)3)34-29(41)43-30(4,5)6/h7-11,13,17-18,20,23-24H,1,12,14-16H2,2-6H3,(H,34,41)(H,35,37)(H,39,40)/t18-,20+,23-,24-,31?/m0/s1. The van der Waals surface area contributed by atoms with Crippen LogP contribution in [-0.2, 0) is 19.1 Å². The number of alkyl carbamates (subject to hydrolysis) is 1. The van der Waals surface area contributed by atoms with Gasteiger partial charge in [0.05, 0.1) is 12.1 Å². The second-order valence-corrected chi connectivity index (χ2v) is 13.0. The number of fused-ring (bicyclic) bond motifs is 1. The number of carboxylic acids is 1. The summed E-state index contributed by atoms with van der Waals surface area (Å²) in [7, 11) is 0. The fraction of sp³-hybridized carbons (Fsp3) is 0.516. The SMILES string of the molecule is C=C[C@H]1CC1(NC(=O)[C@@H]1C[C@@H](Oc2ccnc3cc(Cl)ccc23)CN1C(=O)[C@H](CC(C)C)NC(=O)OC(C)(C)C)C(=O)O. The molecule has 1 saturated carbocycles. The van der Waals surface area contributed by atoms with Gasteiger partial charge in [0.2, 0.25) is 11.8 Å². The number of amides is 3. The molecule has 1 aromatic heterocycles. The molecule has 3 N–H and O–H groups in total. The summed E-state index contributed by atoms with van der Waals surface area (Å²) in [5.41, 5.74) is -1.63. The van der Waals surface area contributed by atoms with E-state index in [1.165, 1.54) is 11.0 Å². The van der Waals surface area contributed by atoms with Gasteiger partial charge in [0.15, 0.2) is 0 Å². The van der Waals surface area contributed by atoms with Crippen LogP contribution in [0.4, 0.5) is 4.79 Å². The highest BCUT2D eigenvalue weighted by Crippen LogP contribution is 2.45. The molecule has 4 rings (SSSR count). The Labute approximate surface area is 255 Å². The smallest absolute Gasteiger partial charge is 0.408 e. The van der Waals surface area contributed by atoms with E-state index in [-0.39, 0.29) is 25.3 Å². The summed E-state index contributed by atoms with van der Waals surface area (Å²) >= 11 is 6.13. The van der Waals surface area contributed by atoms with E-state index in [2.05, 4.69) is 22.2 Å². The van der Waals surface area contributed by atoms with E-state index in [1.54, 1.807) is 51.2 Å². The van der Waals surface area contributed by atoms with Gasteiger partial charge in [-0.05, 0) is 63.8 Å². The minimum atomic E-state index is -1.47. The Kier molecular flexibility index (Phi) is 9.24. The quantitative estimate of drug-likeness (QED) is 0.335. The second kappa shape index (κ2) is 12.4. The molecule has 0 radical (unpaired) electrons. The van der Waals surface area contributed by atoms with Crippen molar-refractivity contribution in [3.63, 3.8) is 0 Å². The van der Waals surface area contributed by atoms with Crippen LogP contribution < -0.4 is 15.4 Å². The number of hydrogen-bond acceptors (Lipinski definition) is 7. The fourth-order valence-electron chi connectivity index (χ4n) is 5.41. The van der Waals surface area contributed by atoms with Crippen LogP contribution in [0.3, 0.4) is 0 Å². The summed E-state index contributed by atoms with van der Waals surface area (Å²) in [5.74, 6) is -2.17. The van der Waals surface area contributed by atoms with Crippen molar-refractivity contribution in [3.8, 4) is 5.75 Å². The zero-order chi connectivity index (χ0) is 31.7. The van der Waals surface area contributed by atoms with Crippen molar-refractivity contribution in [2.75, 3.05) is 6.54 Å². The van der Waals surface area contributed by atoms with E-state index in [9.17, 15) is 24.3 Å². The van der Waals surface area contributed by atoms with Crippen molar-refractivity contribution >= 4 is 46.4 Å². The maximum absolute atomic E-state index is 14.0. The molecule has 1 aliphatic carbocycles. The van der Waals surface area contributed by atoms with Crippen molar-refractivity contribution < 1.29 is 33.8 Å². The van der Waals surface area contributed by atoms with Crippen LogP contribution in [0.25, 0.3) is 10.9 Å². The lowest BCUT2D eigenvalue weighted by molar-refractivity contribution is -0.145. The van der Waals surface area contributed by atoms with Crippen LogP contribution in [0.15, 0.2) is 43.1 Å². The molecule has 12 heteroatoms. The number of likely N-dealkylation sites (tertiary alicyclic amines) is 1. The van der Waals surface area contributed by atoms with Gasteiger partial charge in [-0.1, -0.05) is 31.5 Å². The van der Waals surface area contributed by atoms with Gasteiger partial charge in [-0.3, -0.25) is 14.6 Å². The topological polar surface area (TPSA) is 147 Å². The minimum Gasteiger partial charge on any atom is -0.488 e. The number of halogens is 1. The predicted octanol–water partition coefficient (Wildman–Crippen LogP) is 4.32. The second-order valence-electron chi connectivity index (χ2n) is 12.6. The number of nitrogens with one attached hydrogen (secondary N) is 2. The molecule has 2 fully saturated rings. The zero-order valence-corrected chi connectivity index (χ0v) is 25.8. The number of rotatable bonds is 10. The number of aromatic nitrogens is 1. The molecular formula is C31H39ClN4O7. The van der Waals surface area contributed by atoms with Gasteiger partial charge in [0.25, 0.3) is 0 Å². The third-order valence-corrected chi connectivity index (χ3v) is 7.77. The molecule has 232 valence electrons. The largest absolute Gasteiger partial charge is 0.488 e.